The summed E-state index contributed by atoms with van der Waals surface area (Å²) in [7, 11) is 1.28. The van der Waals surface area contributed by atoms with Crippen molar-refractivity contribution in [1.29, 1.82) is 0 Å². The molecule has 0 saturated carbocycles. The predicted molar refractivity (Wildman–Crippen MR) is 113 cm³/mol. The summed E-state index contributed by atoms with van der Waals surface area (Å²) in [6.45, 7) is 1.57. The minimum atomic E-state index is -0.885. The Hall–Kier alpha value is -2.70. The molecule has 0 aliphatic heterocycles. The molecule has 0 saturated heterocycles. The van der Waals surface area contributed by atoms with Gasteiger partial charge in [-0.2, -0.15) is 0 Å². The first-order valence-electron chi connectivity index (χ1n) is 8.94. The van der Waals surface area contributed by atoms with Crippen LogP contribution in [0.4, 0.5) is 0 Å². The summed E-state index contributed by atoms with van der Waals surface area (Å²) >= 11 is 12.0. The molecule has 0 aliphatic carbocycles. The van der Waals surface area contributed by atoms with Crippen molar-refractivity contribution in [3.05, 3.63) is 64.3 Å². The van der Waals surface area contributed by atoms with Crippen molar-refractivity contribution in [2.24, 2.45) is 0 Å². The zero-order valence-corrected chi connectivity index (χ0v) is 17.4. The maximum Gasteiger partial charge on any atom is 0.328 e. The molecule has 0 spiro atoms. The third-order valence-electron chi connectivity index (χ3n) is 4.47. The van der Waals surface area contributed by atoms with Gasteiger partial charge in [0, 0.05) is 28.5 Å². The lowest BCUT2D eigenvalue weighted by Gasteiger charge is -2.20. The fraction of sp³-hybridized carbons (Fsp3) is 0.238. The highest BCUT2D eigenvalue weighted by Gasteiger charge is 2.26. The summed E-state index contributed by atoms with van der Waals surface area (Å²) in [5, 5.41) is 4.43. The Morgan fingerprint density at radius 2 is 1.93 bits per heavy atom. The molecule has 2 aromatic carbocycles. The number of carbonyl (C=O) groups is 2. The van der Waals surface area contributed by atoms with Crippen molar-refractivity contribution >= 4 is 46.0 Å². The number of hydrogen-bond donors (Lipinski definition) is 2. The largest absolute Gasteiger partial charge is 0.479 e. The second-order valence-corrected chi connectivity index (χ2v) is 7.33. The van der Waals surface area contributed by atoms with E-state index < -0.39 is 24.0 Å². The number of methoxy groups -OCH3 is 1. The third-order valence-corrected chi connectivity index (χ3v) is 5.00. The number of fused-ring (bicyclic) bond motifs is 1. The smallest absolute Gasteiger partial charge is 0.328 e. The van der Waals surface area contributed by atoms with Gasteiger partial charge >= 0.3 is 5.97 Å². The van der Waals surface area contributed by atoms with E-state index in [0.29, 0.717) is 15.8 Å². The summed E-state index contributed by atoms with van der Waals surface area (Å²) in [6.07, 6.45) is 1.21. The first kappa shape index (κ1) is 21.0. The molecule has 2 atom stereocenters. The van der Waals surface area contributed by atoms with E-state index in [0.717, 1.165) is 16.5 Å². The minimum Gasteiger partial charge on any atom is -0.479 e. The van der Waals surface area contributed by atoms with Crippen LogP contribution in [0.25, 0.3) is 10.9 Å². The first-order valence-corrected chi connectivity index (χ1v) is 9.69. The van der Waals surface area contributed by atoms with Gasteiger partial charge < -0.3 is 19.8 Å². The van der Waals surface area contributed by atoms with Gasteiger partial charge in [-0.05, 0) is 36.8 Å². The van der Waals surface area contributed by atoms with Crippen molar-refractivity contribution in [3.8, 4) is 5.75 Å². The maximum atomic E-state index is 12.6. The number of rotatable bonds is 7. The van der Waals surface area contributed by atoms with Gasteiger partial charge in [-0.3, -0.25) is 4.79 Å². The van der Waals surface area contributed by atoms with E-state index in [1.165, 1.54) is 13.2 Å². The van der Waals surface area contributed by atoms with Crippen LogP contribution in [0.1, 0.15) is 12.5 Å². The fourth-order valence-corrected chi connectivity index (χ4v) is 3.41. The Labute approximate surface area is 178 Å². The number of H-pyrrole nitrogens is 1. The van der Waals surface area contributed by atoms with E-state index in [2.05, 4.69) is 10.3 Å². The van der Waals surface area contributed by atoms with Gasteiger partial charge in [-0.25, -0.2) is 4.79 Å². The van der Waals surface area contributed by atoms with E-state index in [1.54, 1.807) is 19.1 Å². The fourth-order valence-electron chi connectivity index (χ4n) is 2.96. The van der Waals surface area contributed by atoms with Crippen LogP contribution >= 0.6 is 23.2 Å². The number of nitrogens with one attached hydrogen (secondary N) is 2. The number of benzene rings is 2. The number of hydrogen-bond acceptors (Lipinski definition) is 4. The van der Waals surface area contributed by atoms with Gasteiger partial charge in [0.2, 0.25) is 0 Å². The number of aromatic nitrogens is 1. The Balaban J connectivity index is 1.72. The van der Waals surface area contributed by atoms with E-state index in [1.807, 2.05) is 30.5 Å². The number of carbonyl (C=O) groups excluding carboxylic acids is 2. The van der Waals surface area contributed by atoms with E-state index in [9.17, 15) is 9.59 Å². The van der Waals surface area contributed by atoms with Crippen molar-refractivity contribution in [2.45, 2.75) is 25.5 Å². The SMILES string of the molecule is COC(=O)[C@@H](Cc1c[nH]c2ccccc12)NC(=O)C(C)Oc1ccc(Cl)cc1Cl. The van der Waals surface area contributed by atoms with Crippen molar-refractivity contribution in [1.82, 2.24) is 10.3 Å². The molecule has 1 unspecified atom stereocenters. The molecule has 2 N–H and O–H groups in total. The van der Waals surface area contributed by atoms with Gasteiger partial charge in [0.25, 0.3) is 5.91 Å². The van der Waals surface area contributed by atoms with Crippen LogP contribution in [0.2, 0.25) is 10.0 Å². The summed E-state index contributed by atoms with van der Waals surface area (Å²) in [6, 6.07) is 11.6. The zero-order chi connectivity index (χ0) is 21.0. The molecular weight excluding hydrogens is 415 g/mol. The number of esters is 1. The lowest BCUT2D eigenvalue weighted by atomic mass is 10.0. The highest BCUT2D eigenvalue weighted by molar-refractivity contribution is 6.35. The third kappa shape index (κ3) is 5.02. The minimum absolute atomic E-state index is 0.275. The highest BCUT2D eigenvalue weighted by Crippen LogP contribution is 2.28. The molecule has 0 radical (unpaired) electrons. The molecular formula is C21H20Cl2N2O4. The number of halogens is 2. The molecule has 0 aliphatic rings. The standard InChI is InChI=1S/C21H20Cl2N2O4/c1-12(29-19-8-7-14(22)10-16(19)23)20(26)25-18(21(27)28-2)9-13-11-24-17-6-4-3-5-15(13)17/h3-8,10-12,18,24H,9H2,1-2H3,(H,25,26)/t12?,18-/m1/s1. The quantitative estimate of drug-likeness (QED) is 0.547. The van der Waals surface area contributed by atoms with Gasteiger partial charge in [0.1, 0.15) is 11.8 Å². The summed E-state index contributed by atoms with van der Waals surface area (Å²) < 4.78 is 10.5. The second-order valence-electron chi connectivity index (χ2n) is 6.48. The lowest BCUT2D eigenvalue weighted by Crippen LogP contribution is -2.47. The van der Waals surface area contributed by atoms with Crippen molar-refractivity contribution < 1.29 is 19.1 Å². The molecule has 3 aromatic rings. The van der Waals surface area contributed by atoms with Gasteiger partial charge in [0.05, 0.1) is 12.1 Å². The number of amides is 1. The molecule has 152 valence electrons. The monoisotopic (exact) mass is 434 g/mol. The Bertz CT molecular complexity index is 1030. The predicted octanol–water partition coefficient (Wildman–Crippen LogP) is 4.14. The first-order chi connectivity index (χ1) is 13.9. The molecule has 0 bridgehead atoms. The Morgan fingerprint density at radius 3 is 2.66 bits per heavy atom. The summed E-state index contributed by atoms with van der Waals surface area (Å²) in [5.74, 6) is -0.684. The van der Waals surface area contributed by atoms with Gasteiger partial charge in [-0.15, -0.1) is 0 Å². The Morgan fingerprint density at radius 1 is 1.17 bits per heavy atom. The number of ether oxygens (including phenoxy) is 2. The number of aromatic amines is 1. The molecule has 1 heterocycles. The molecule has 1 amide bonds. The average Bonchev–Trinajstić information content (AvgIpc) is 3.11. The summed E-state index contributed by atoms with van der Waals surface area (Å²) in [4.78, 5) is 28.0. The molecule has 29 heavy (non-hydrogen) atoms. The van der Waals surface area contributed by atoms with Crippen LogP contribution < -0.4 is 10.1 Å². The molecule has 3 rings (SSSR count). The molecule has 1 aromatic heterocycles. The average molecular weight is 435 g/mol. The van der Waals surface area contributed by atoms with Crippen LogP contribution in [0.3, 0.4) is 0 Å². The lowest BCUT2D eigenvalue weighted by molar-refractivity contribution is -0.145. The van der Waals surface area contributed by atoms with Gasteiger partial charge in [0.15, 0.2) is 6.10 Å². The van der Waals surface area contributed by atoms with Crippen LogP contribution in [0.15, 0.2) is 48.7 Å². The maximum absolute atomic E-state index is 12.6. The normalized spacial score (nSPS) is 13.0. The van der Waals surface area contributed by atoms with Gasteiger partial charge in [-0.1, -0.05) is 41.4 Å². The van der Waals surface area contributed by atoms with E-state index in [4.69, 9.17) is 32.7 Å². The van der Waals surface area contributed by atoms with Crippen molar-refractivity contribution in [2.75, 3.05) is 7.11 Å². The zero-order valence-electron chi connectivity index (χ0n) is 15.9. The van der Waals surface area contributed by atoms with E-state index >= 15 is 0 Å². The highest BCUT2D eigenvalue weighted by atomic mass is 35.5. The molecule has 0 fully saturated rings. The van der Waals surface area contributed by atoms with Crippen molar-refractivity contribution in [3.63, 3.8) is 0 Å². The van der Waals surface area contributed by atoms with Crippen LogP contribution in [-0.4, -0.2) is 36.1 Å². The van der Waals surface area contributed by atoms with E-state index in [-0.39, 0.29) is 6.42 Å². The topological polar surface area (TPSA) is 80.4 Å². The second kappa shape index (κ2) is 9.20. The number of para-hydroxylation sites is 1. The van der Waals surface area contributed by atoms with Crippen LogP contribution in [0.5, 0.6) is 5.75 Å². The molecule has 8 heteroatoms. The van der Waals surface area contributed by atoms with Crippen LogP contribution in [0, 0.1) is 0 Å². The molecule has 6 nitrogen and oxygen atoms in total. The Kier molecular flexibility index (Phi) is 6.67. The van der Waals surface area contributed by atoms with Crippen LogP contribution in [-0.2, 0) is 20.7 Å². The summed E-state index contributed by atoms with van der Waals surface area (Å²) in [5.41, 5.74) is 1.84.